The third-order valence-electron chi connectivity index (χ3n) is 4.79. The van der Waals surface area contributed by atoms with Crippen LogP contribution in [0.1, 0.15) is 17.0 Å². The number of carbonyl (C=O) groups is 1. The molecule has 1 amide bonds. The quantitative estimate of drug-likeness (QED) is 0.782. The molecule has 9 heteroatoms. The third-order valence-corrected chi connectivity index (χ3v) is 5.47. The van der Waals surface area contributed by atoms with Crippen LogP contribution in [0.5, 0.6) is 11.5 Å². The van der Waals surface area contributed by atoms with E-state index in [1.54, 1.807) is 25.8 Å². The lowest BCUT2D eigenvalue weighted by Gasteiger charge is -2.20. The summed E-state index contributed by atoms with van der Waals surface area (Å²) in [5, 5.41) is 14.2. The molecule has 2 aromatic rings. The van der Waals surface area contributed by atoms with E-state index in [0.29, 0.717) is 16.7 Å². The normalized spacial score (nSPS) is 17.0. The standard InChI is InChI=1S/C20H19N5O3S/c1-11-7-13(8-15-18(21)25-20(23-19(15)26)29-10-22-25)12(2)24(11)16-6-5-14(27-3)9-17(16)28-4/h5-10,21H,1-4H3. The minimum absolute atomic E-state index is 0.0214. The molecule has 0 unspecified atom stereocenters. The predicted molar refractivity (Wildman–Crippen MR) is 114 cm³/mol. The number of hydrogen-bond acceptors (Lipinski definition) is 6. The van der Waals surface area contributed by atoms with E-state index in [1.165, 1.54) is 16.8 Å². The van der Waals surface area contributed by atoms with Gasteiger partial charge in [0.2, 0.25) is 0 Å². The molecule has 8 nitrogen and oxygen atoms in total. The maximum Gasteiger partial charge on any atom is 0.283 e. The van der Waals surface area contributed by atoms with Crippen molar-refractivity contribution in [3.8, 4) is 17.2 Å². The van der Waals surface area contributed by atoms with E-state index in [9.17, 15) is 4.79 Å². The van der Waals surface area contributed by atoms with Gasteiger partial charge in [0, 0.05) is 17.5 Å². The van der Waals surface area contributed by atoms with Gasteiger partial charge in [0.15, 0.2) is 11.0 Å². The summed E-state index contributed by atoms with van der Waals surface area (Å²) in [7, 11) is 3.22. The topological polar surface area (TPSA) is 92.3 Å². The van der Waals surface area contributed by atoms with Gasteiger partial charge in [-0.2, -0.15) is 15.1 Å². The van der Waals surface area contributed by atoms with Gasteiger partial charge in [0.25, 0.3) is 5.91 Å². The van der Waals surface area contributed by atoms with Crippen molar-refractivity contribution in [1.29, 1.82) is 5.41 Å². The zero-order chi connectivity index (χ0) is 20.7. The summed E-state index contributed by atoms with van der Waals surface area (Å²) in [6.07, 6.45) is 1.69. The van der Waals surface area contributed by atoms with Crippen molar-refractivity contribution in [3.63, 3.8) is 0 Å². The molecular weight excluding hydrogens is 390 g/mol. The van der Waals surface area contributed by atoms with Crippen molar-refractivity contribution in [2.45, 2.75) is 13.8 Å². The van der Waals surface area contributed by atoms with Crippen molar-refractivity contribution in [3.05, 3.63) is 46.8 Å². The molecule has 0 aliphatic carbocycles. The molecule has 3 heterocycles. The molecule has 2 aliphatic rings. The summed E-state index contributed by atoms with van der Waals surface area (Å²) in [5.41, 5.74) is 5.32. The van der Waals surface area contributed by atoms with Crippen LogP contribution in [0, 0.1) is 19.3 Å². The molecule has 2 aliphatic heterocycles. The van der Waals surface area contributed by atoms with Gasteiger partial charge in [0.1, 0.15) is 11.5 Å². The van der Waals surface area contributed by atoms with Crippen LogP contribution in [0.15, 0.2) is 39.9 Å². The van der Waals surface area contributed by atoms with Gasteiger partial charge in [-0.15, -0.1) is 0 Å². The number of amidine groups is 2. The second-order valence-corrected chi connectivity index (χ2v) is 7.27. The van der Waals surface area contributed by atoms with Crippen LogP contribution in [0.2, 0.25) is 0 Å². The van der Waals surface area contributed by atoms with Gasteiger partial charge in [-0.3, -0.25) is 10.2 Å². The first-order chi connectivity index (χ1) is 13.9. The number of carbonyl (C=O) groups excluding carboxylic acids is 1. The number of hydrazone groups is 1. The van der Waals surface area contributed by atoms with Crippen LogP contribution >= 0.6 is 11.8 Å². The summed E-state index contributed by atoms with van der Waals surface area (Å²) < 4.78 is 12.9. The summed E-state index contributed by atoms with van der Waals surface area (Å²) in [5.74, 6) is 0.957. The highest BCUT2D eigenvalue weighted by atomic mass is 32.2. The summed E-state index contributed by atoms with van der Waals surface area (Å²) >= 11 is 1.22. The minimum Gasteiger partial charge on any atom is -0.497 e. The smallest absolute Gasteiger partial charge is 0.283 e. The fourth-order valence-electron chi connectivity index (χ4n) is 3.37. The number of thioether (sulfide) groups is 1. The van der Waals surface area contributed by atoms with Gasteiger partial charge in [-0.1, -0.05) is 0 Å². The molecular formula is C20H19N5O3S. The number of nitrogens with zero attached hydrogens (tertiary/aromatic N) is 4. The monoisotopic (exact) mass is 409 g/mol. The van der Waals surface area contributed by atoms with Crippen LogP contribution in [0.3, 0.4) is 0 Å². The third kappa shape index (κ3) is 3.13. The van der Waals surface area contributed by atoms with E-state index in [4.69, 9.17) is 14.9 Å². The molecule has 0 saturated carbocycles. The Morgan fingerprint density at radius 3 is 2.69 bits per heavy atom. The molecule has 0 saturated heterocycles. The van der Waals surface area contributed by atoms with Crippen molar-refractivity contribution in [2.75, 3.05) is 14.2 Å². The van der Waals surface area contributed by atoms with Crippen LogP contribution in [-0.4, -0.2) is 46.3 Å². The highest BCUT2D eigenvalue weighted by Crippen LogP contribution is 2.33. The molecule has 148 valence electrons. The number of ether oxygens (including phenoxy) is 2. The lowest BCUT2D eigenvalue weighted by Crippen LogP contribution is -2.35. The second-order valence-electron chi connectivity index (χ2n) is 6.46. The summed E-state index contributed by atoms with van der Waals surface area (Å²) in [6, 6.07) is 7.59. The maximum atomic E-state index is 12.5. The fourth-order valence-corrected chi connectivity index (χ4v) is 3.98. The SMILES string of the molecule is COc1ccc(-n2c(C)cc(C=C3C(=N)N4N=CSC4=NC3=O)c2C)c(OC)c1. The Morgan fingerprint density at radius 2 is 1.97 bits per heavy atom. The maximum absolute atomic E-state index is 12.5. The van der Waals surface area contributed by atoms with Crippen molar-refractivity contribution >= 4 is 40.3 Å². The van der Waals surface area contributed by atoms with Gasteiger partial charge in [-0.05, 0) is 55.4 Å². The number of aliphatic imine (C=N–C) groups is 1. The average Bonchev–Trinajstić information content (AvgIpc) is 3.29. The Kier molecular flexibility index (Phi) is 4.75. The number of aromatic nitrogens is 1. The molecule has 29 heavy (non-hydrogen) atoms. The van der Waals surface area contributed by atoms with E-state index in [0.717, 1.165) is 22.6 Å². The number of hydrogen-bond donors (Lipinski definition) is 1. The van der Waals surface area contributed by atoms with Gasteiger partial charge in [-0.25, -0.2) is 0 Å². The Labute approximate surface area is 172 Å². The zero-order valence-electron chi connectivity index (χ0n) is 16.4. The number of aryl methyl sites for hydroxylation is 1. The number of methoxy groups -OCH3 is 2. The summed E-state index contributed by atoms with van der Waals surface area (Å²) in [4.78, 5) is 16.5. The van der Waals surface area contributed by atoms with Crippen LogP contribution in [-0.2, 0) is 4.79 Å². The molecule has 0 atom stereocenters. The van der Waals surface area contributed by atoms with Crippen LogP contribution in [0.4, 0.5) is 0 Å². The second kappa shape index (κ2) is 7.25. The van der Waals surface area contributed by atoms with Crippen molar-refractivity contribution in [2.24, 2.45) is 10.1 Å². The predicted octanol–water partition coefficient (Wildman–Crippen LogP) is 3.36. The number of amides is 1. The highest BCUT2D eigenvalue weighted by Gasteiger charge is 2.32. The number of benzene rings is 1. The van der Waals surface area contributed by atoms with Crippen molar-refractivity contribution < 1.29 is 14.3 Å². The van der Waals surface area contributed by atoms with Gasteiger partial charge in [0.05, 0.1) is 31.0 Å². The molecule has 0 bridgehead atoms. The molecule has 4 rings (SSSR count). The molecule has 1 aromatic heterocycles. The zero-order valence-corrected chi connectivity index (χ0v) is 17.2. The van der Waals surface area contributed by atoms with E-state index < -0.39 is 5.91 Å². The fraction of sp³-hybridized carbons (Fsp3) is 0.200. The Morgan fingerprint density at radius 1 is 1.17 bits per heavy atom. The molecule has 0 fully saturated rings. The molecule has 0 radical (unpaired) electrons. The lowest BCUT2D eigenvalue weighted by molar-refractivity contribution is -0.114. The number of fused-ring (bicyclic) bond motifs is 1. The van der Waals surface area contributed by atoms with Crippen LogP contribution in [0.25, 0.3) is 11.8 Å². The molecule has 0 spiro atoms. The van der Waals surface area contributed by atoms with Gasteiger partial charge >= 0.3 is 0 Å². The Bertz CT molecular complexity index is 1130. The van der Waals surface area contributed by atoms with Crippen LogP contribution < -0.4 is 9.47 Å². The Hall–Kier alpha value is -3.33. The number of nitrogens with one attached hydrogen (secondary N) is 1. The average molecular weight is 409 g/mol. The van der Waals surface area contributed by atoms with Gasteiger partial charge < -0.3 is 14.0 Å². The highest BCUT2D eigenvalue weighted by molar-refractivity contribution is 8.25. The Balaban J connectivity index is 1.79. The largest absolute Gasteiger partial charge is 0.497 e. The first kappa shape index (κ1) is 19.0. The van der Waals surface area contributed by atoms with Crippen molar-refractivity contribution in [1.82, 2.24) is 9.58 Å². The number of rotatable bonds is 4. The first-order valence-electron chi connectivity index (χ1n) is 8.78. The minimum atomic E-state index is -0.439. The van der Waals surface area contributed by atoms with E-state index in [2.05, 4.69) is 10.1 Å². The van der Waals surface area contributed by atoms with E-state index >= 15 is 0 Å². The van der Waals surface area contributed by atoms with E-state index in [1.807, 2.05) is 42.7 Å². The summed E-state index contributed by atoms with van der Waals surface area (Å²) in [6.45, 7) is 3.93. The molecule has 1 aromatic carbocycles. The molecule has 1 N–H and O–H groups in total. The van der Waals surface area contributed by atoms with E-state index in [-0.39, 0.29) is 11.4 Å². The first-order valence-corrected chi connectivity index (χ1v) is 9.66. The lowest BCUT2D eigenvalue weighted by atomic mass is 10.1.